The fraction of sp³-hybridized carbons (Fsp3) is 0.227. The third kappa shape index (κ3) is 3.63. The molecule has 1 N–H and O–H groups in total. The number of aromatic nitrogens is 2. The van der Waals surface area contributed by atoms with Gasteiger partial charge in [0.15, 0.2) is 0 Å². The SMILES string of the molecule is CC[C@H](NC1=CN(C)CN=C1)c1nc2cccc(F)c2c(=O)n1-c1ccccc1. The molecule has 0 saturated carbocycles. The molecule has 0 unspecified atom stereocenters. The Labute approximate surface area is 168 Å². The van der Waals surface area contributed by atoms with Crippen molar-refractivity contribution in [3.63, 3.8) is 0 Å². The molecule has 1 atom stereocenters. The van der Waals surface area contributed by atoms with Crippen molar-refractivity contribution >= 4 is 17.1 Å². The Kier molecular flexibility index (Phi) is 5.12. The highest BCUT2D eigenvalue weighted by Gasteiger charge is 2.22. The average Bonchev–Trinajstić information content (AvgIpc) is 2.72. The van der Waals surface area contributed by atoms with Gasteiger partial charge in [0.05, 0.1) is 22.9 Å². The van der Waals surface area contributed by atoms with E-state index in [2.05, 4.69) is 10.3 Å². The Balaban J connectivity index is 1.92. The summed E-state index contributed by atoms with van der Waals surface area (Å²) in [5, 5.41) is 3.42. The molecule has 29 heavy (non-hydrogen) atoms. The zero-order valence-electron chi connectivity index (χ0n) is 16.3. The molecular formula is C22H22FN5O. The highest BCUT2D eigenvalue weighted by atomic mass is 19.1. The number of hydrogen-bond donors (Lipinski definition) is 1. The number of fused-ring (bicyclic) bond motifs is 1. The van der Waals surface area contributed by atoms with Crippen LogP contribution in [0.25, 0.3) is 16.6 Å². The summed E-state index contributed by atoms with van der Waals surface area (Å²) in [5.74, 6) is -0.0367. The molecule has 0 amide bonds. The molecule has 0 aliphatic carbocycles. The number of nitrogens with zero attached hydrogens (tertiary/aromatic N) is 4. The predicted octanol–water partition coefficient (Wildman–Crippen LogP) is 3.38. The second kappa shape index (κ2) is 7.87. The lowest BCUT2D eigenvalue weighted by Gasteiger charge is -2.25. The lowest BCUT2D eigenvalue weighted by atomic mass is 10.1. The van der Waals surface area contributed by atoms with Gasteiger partial charge in [-0.15, -0.1) is 0 Å². The predicted molar refractivity (Wildman–Crippen MR) is 113 cm³/mol. The summed E-state index contributed by atoms with van der Waals surface area (Å²) < 4.78 is 16.0. The van der Waals surface area contributed by atoms with E-state index in [0.29, 0.717) is 30.1 Å². The lowest BCUT2D eigenvalue weighted by molar-refractivity contribution is 0.452. The van der Waals surface area contributed by atoms with Crippen LogP contribution in [0.4, 0.5) is 4.39 Å². The quantitative estimate of drug-likeness (QED) is 0.724. The maximum Gasteiger partial charge on any atom is 0.269 e. The van der Waals surface area contributed by atoms with Gasteiger partial charge < -0.3 is 10.2 Å². The minimum absolute atomic E-state index is 0.00636. The summed E-state index contributed by atoms with van der Waals surface area (Å²) >= 11 is 0. The van der Waals surface area contributed by atoms with Crippen LogP contribution < -0.4 is 10.9 Å². The highest BCUT2D eigenvalue weighted by Crippen LogP contribution is 2.22. The van der Waals surface area contributed by atoms with E-state index in [1.807, 2.05) is 55.4 Å². The van der Waals surface area contributed by atoms with Gasteiger partial charge in [0.1, 0.15) is 23.7 Å². The first-order valence-electron chi connectivity index (χ1n) is 9.53. The van der Waals surface area contributed by atoms with E-state index in [0.717, 1.165) is 5.70 Å². The largest absolute Gasteiger partial charge is 0.373 e. The van der Waals surface area contributed by atoms with Crippen molar-refractivity contribution in [2.75, 3.05) is 13.7 Å². The fourth-order valence-electron chi connectivity index (χ4n) is 3.47. The summed E-state index contributed by atoms with van der Waals surface area (Å²) in [4.78, 5) is 24.3. The fourth-order valence-corrected chi connectivity index (χ4v) is 3.47. The minimum Gasteiger partial charge on any atom is -0.373 e. The van der Waals surface area contributed by atoms with E-state index >= 15 is 0 Å². The van der Waals surface area contributed by atoms with Gasteiger partial charge in [-0.2, -0.15) is 0 Å². The standard InChI is InChI=1S/C22H22FN5O/c1-3-18(25-15-12-24-14-27(2)13-15)21-26-19-11-7-10-17(23)20(19)22(29)28(21)16-8-5-4-6-9-16/h4-13,18,25H,3,14H2,1-2H3/t18-/m0/s1. The smallest absolute Gasteiger partial charge is 0.269 e. The molecule has 1 aliphatic rings. The summed E-state index contributed by atoms with van der Waals surface area (Å²) in [6, 6.07) is 13.5. The van der Waals surface area contributed by atoms with Gasteiger partial charge in [-0.05, 0) is 30.7 Å². The molecule has 4 rings (SSSR count). The van der Waals surface area contributed by atoms with Crippen molar-refractivity contribution in [1.29, 1.82) is 0 Å². The maximum absolute atomic E-state index is 14.5. The Bertz CT molecular complexity index is 1150. The number of allylic oxidation sites excluding steroid dienone is 1. The Morgan fingerprint density at radius 2 is 1.97 bits per heavy atom. The second-order valence-electron chi connectivity index (χ2n) is 6.98. The van der Waals surface area contributed by atoms with Crippen LogP contribution in [0.1, 0.15) is 25.2 Å². The van der Waals surface area contributed by atoms with Gasteiger partial charge in [0.2, 0.25) is 0 Å². The van der Waals surface area contributed by atoms with Crippen molar-refractivity contribution in [2.24, 2.45) is 4.99 Å². The van der Waals surface area contributed by atoms with E-state index in [9.17, 15) is 9.18 Å². The Hall–Kier alpha value is -3.48. The first-order valence-corrected chi connectivity index (χ1v) is 9.53. The van der Waals surface area contributed by atoms with E-state index in [1.165, 1.54) is 10.6 Å². The van der Waals surface area contributed by atoms with Crippen molar-refractivity contribution in [3.05, 3.63) is 82.4 Å². The second-order valence-corrected chi connectivity index (χ2v) is 6.98. The van der Waals surface area contributed by atoms with Crippen molar-refractivity contribution < 1.29 is 4.39 Å². The van der Waals surface area contributed by atoms with Gasteiger partial charge in [-0.1, -0.05) is 31.2 Å². The third-order valence-corrected chi connectivity index (χ3v) is 4.84. The van der Waals surface area contributed by atoms with E-state index < -0.39 is 11.4 Å². The molecule has 0 saturated heterocycles. The van der Waals surface area contributed by atoms with E-state index in [4.69, 9.17) is 4.98 Å². The normalized spacial score (nSPS) is 14.7. The van der Waals surface area contributed by atoms with Gasteiger partial charge in [0.25, 0.3) is 5.56 Å². The zero-order valence-corrected chi connectivity index (χ0v) is 16.3. The van der Waals surface area contributed by atoms with Crippen molar-refractivity contribution in [3.8, 4) is 5.69 Å². The maximum atomic E-state index is 14.5. The molecule has 0 radical (unpaired) electrons. The van der Waals surface area contributed by atoms with Crippen LogP contribution >= 0.6 is 0 Å². The van der Waals surface area contributed by atoms with Crippen LogP contribution in [0.3, 0.4) is 0 Å². The molecular weight excluding hydrogens is 369 g/mol. The molecule has 3 aromatic rings. The van der Waals surface area contributed by atoms with Gasteiger partial charge >= 0.3 is 0 Å². The Morgan fingerprint density at radius 3 is 2.69 bits per heavy atom. The molecule has 148 valence electrons. The number of rotatable bonds is 5. The molecule has 0 spiro atoms. The first-order chi connectivity index (χ1) is 14.1. The topological polar surface area (TPSA) is 62.5 Å². The van der Waals surface area contributed by atoms with Crippen LogP contribution in [0.5, 0.6) is 0 Å². The van der Waals surface area contributed by atoms with Crippen LogP contribution in [-0.4, -0.2) is 34.4 Å². The molecule has 1 aliphatic heterocycles. The average molecular weight is 391 g/mol. The summed E-state index contributed by atoms with van der Waals surface area (Å²) in [6.45, 7) is 2.61. The molecule has 2 aromatic carbocycles. The molecule has 1 aromatic heterocycles. The molecule has 6 nitrogen and oxygen atoms in total. The van der Waals surface area contributed by atoms with Gasteiger partial charge in [-0.3, -0.25) is 14.4 Å². The van der Waals surface area contributed by atoms with Crippen LogP contribution in [0.2, 0.25) is 0 Å². The highest BCUT2D eigenvalue weighted by molar-refractivity contribution is 5.79. The van der Waals surface area contributed by atoms with Crippen molar-refractivity contribution in [1.82, 2.24) is 19.8 Å². The van der Waals surface area contributed by atoms with E-state index in [-0.39, 0.29) is 11.4 Å². The molecule has 0 fully saturated rings. The zero-order chi connectivity index (χ0) is 20.4. The Morgan fingerprint density at radius 1 is 1.17 bits per heavy atom. The molecule has 7 heteroatoms. The van der Waals surface area contributed by atoms with Crippen LogP contribution in [-0.2, 0) is 0 Å². The minimum atomic E-state index is -0.569. The third-order valence-electron chi connectivity index (χ3n) is 4.84. The van der Waals surface area contributed by atoms with Crippen LogP contribution in [0, 0.1) is 5.82 Å². The van der Waals surface area contributed by atoms with Gasteiger partial charge in [-0.25, -0.2) is 9.37 Å². The summed E-state index contributed by atoms with van der Waals surface area (Å²) in [7, 11) is 1.94. The first kappa shape index (κ1) is 18.9. The lowest BCUT2D eigenvalue weighted by Crippen LogP contribution is -2.33. The summed E-state index contributed by atoms with van der Waals surface area (Å²) in [6.07, 6.45) is 4.41. The van der Waals surface area contributed by atoms with Crippen molar-refractivity contribution in [2.45, 2.75) is 19.4 Å². The van der Waals surface area contributed by atoms with Crippen LogP contribution in [0.15, 0.2) is 70.2 Å². The summed E-state index contributed by atoms with van der Waals surface area (Å²) in [5.41, 5.74) is 1.41. The molecule has 2 heterocycles. The monoisotopic (exact) mass is 391 g/mol. The number of benzene rings is 2. The number of hydrogen-bond acceptors (Lipinski definition) is 5. The number of aliphatic imine (C=N–C) groups is 1. The van der Waals surface area contributed by atoms with E-state index in [1.54, 1.807) is 18.3 Å². The number of nitrogens with one attached hydrogen (secondary N) is 1. The molecule has 0 bridgehead atoms. The van der Waals surface area contributed by atoms with Gasteiger partial charge in [0, 0.05) is 19.5 Å². The number of halogens is 1. The number of para-hydroxylation sites is 1.